The van der Waals surface area contributed by atoms with Crippen molar-refractivity contribution in [1.29, 1.82) is 0 Å². The largest absolute Gasteiger partial charge is 0.476 e. The van der Waals surface area contributed by atoms with Crippen molar-refractivity contribution >= 4 is 24.9 Å². The van der Waals surface area contributed by atoms with Crippen molar-refractivity contribution in [2.75, 3.05) is 5.32 Å². The van der Waals surface area contributed by atoms with Crippen LogP contribution in [0.15, 0.2) is 18.2 Å². The van der Waals surface area contributed by atoms with Gasteiger partial charge in [0.15, 0.2) is 5.60 Å². The summed E-state index contributed by atoms with van der Waals surface area (Å²) in [6.07, 6.45) is 0. The highest BCUT2D eigenvalue weighted by Crippen LogP contribution is 2.30. The van der Waals surface area contributed by atoms with Gasteiger partial charge in [-0.25, -0.2) is 0 Å². The molecule has 70 valence electrons. The first-order chi connectivity index (χ1) is 6.50. The van der Waals surface area contributed by atoms with Crippen LogP contribution in [0.5, 0.6) is 5.75 Å². The van der Waals surface area contributed by atoms with E-state index in [0.717, 1.165) is 0 Å². The normalized spacial score (nSPS) is 18.0. The van der Waals surface area contributed by atoms with Crippen molar-refractivity contribution in [2.45, 2.75) is 19.4 Å². The fourth-order valence-electron chi connectivity index (χ4n) is 1.34. The minimum Gasteiger partial charge on any atom is -0.476 e. The minimum absolute atomic E-state index is 0.157. The van der Waals surface area contributed by atoms with E-state index < -0.39 is 5.60 Å². The first-order valence-corrected chi connectivity index (χ1v) is 4.40. The Hall–Kier alpha value is -1.45. The Morgan fingerprint density at radius 3 is 2.86 bits per heavy atom. The average molecular weight is 187 g/mol. The SMILES string of the molecule is [B]c1cccc2c1OC(C)(C)C(=O)N2. The average Bonchev–Trinajstić information content (AvgIpc) is 2.09. The molecular formula is C10H10BNO2. The van der Waals surface area contributed by atoms with Crippen molar-refractivity contribution in [3.8, 4) is 5.75 Å². The van der Waals surface area contributed by atoms with Crippen LogP contribution in [0.4, 0.5) is 5.69 Å². The highest BCUT2D eigenvalue weighted by Gasteiger charge is 2.35. The molecule has 0 unspecified atom stereocenters. The number of para-hydroxylation sites is 1. The van der Waals surface area contributed by atoms with E-state index in [2.05, 4.69) is 5.32 Å². The van der Waals surface area contributed by atoms with E-state index >= 15 is 0 Å². The molecule has 0 saturated carbocycles. The molecule has 0 atom stereocenters. The van der Waals surface area contributed by atoms with Gasteiger partial charge in [0.1, 0.15) is 13.6 Å². The Kier molecular flexibility index (Phi) is 1.81. The predicted octanol–water partition coefficient (Wildman–Crippen LogP) is 0.590. The molecule has 0 spiro atoms. The molecule has 2 rings (SSSR count). The summed E-state index contributed by atoms with van der Waals surface area (Å²) in [6.45, 7) is 3.41. The Morgan fingerprint density at radius 1 is 1.43 bits per heavy atom. The summed E-state index contributed by atoms with van der Waals surface area (Å²) < 4.78 is 5.53. The standard InChI is InChI=1S/C10H10BNO2/c1-10(2)9(13)12-7-5-3-4-6(11)8(7)14-10/h3-5H,1-2H3,(H,12,13). The van der Waals surface area contributed by atoms with Gasteiger partial charge in [-0.05, 0) is 19.9 Å². The topological polar surface area (TPSA) is 38.3 Å². The van der Waals surface area contributed by atoms with Gasteiger partial charge in [-0.2, -0.15) is 0 Å². The molecular weight excluding hydrogens is 177 g/mol. The maximum Gasteiger partial charge on any atom is 0.268 e. The lowest BCUT2D eigenvalue weighted by Gasteiger charge is -2.32. The van der Waals surface area contributed by atoms with E-state index in [1.165, 1.54) is 0 Å². The van der Waals surface area contributed by atoms with Gasteiger partial charge in [0.2, 0.25) is 0 Å². The third-order valence-electron chi connectivity index (χ3n) is 2.20. The summed E-state index contributed by atoms with van der Waals surface area (Å²) in [5, 5.41) is 2.75. The number of benzene rings is 1. The Labute approximate surface area is 83.9 Å². The summed E-state index contributed by atoms with van der Waals surface area (Å²) in [5.74, 6) is 0.396. The third-order valence-corrected chi connectivity index (χ3v) is 2.20. The number of rotatable bonds is 0. The summed E-state index contributed by atoms with van der Waals surface area (Å²) in [6, 6.07) is 5.28. The number of hydrogen-bond donors (Lipinski definition) is 1. The molecule has 1 heterocycles. The van der Waals surface area contributed by atoms with Crippen molar-refractivity contribution in [1.82, 2.24) is 0 Å². The van der Waals surface area contributed by atoms with Crippen molar-refractivity contribution in [3.05, 3.63) is 18.2 Å². The van der Waals surface area contributed by atoms with E-state index in [0.29, 0.717) is 16.9 Å². The van der Waals surface area contributed by atoms with E-state index in [1.54, 1.807) is 32.0 Å². The number of amides is 1. The van der Waals surface area contributed by atoms with Crippen LogP contribution in [0.1, 0.15) is 13.8 Å². The van der Waals surface area contributed by atoms with Crippen molar-refractivity contribution < 1.29 is 9.53 Å². The molecule has 1 N–H and O–H groups in total. The molecule has 4 heteroatoms. The third kappa shape index (κ3) is 1.27. The Bertz CT molecular complexity index is 401. The number of anilines is 1. The molecule has 1 aliphatic rings. The second-order valence-corrected chi connectivity index (χ2v) is 3.79. The molecule has 0 bridgehead atoms. The van der Waals surface area contributed by atoms with Gasteiger partial charge in [-0.15, -0.1) is 0 Å². The van der Waals surface area contributed by atoms with Gasteiger partial charge >= 0.3 is 0 Å². The molecule has 1 aromatic rings. The van der Waals surface area contributed by atoms with Crippen LogP contribution in [-0.4, -0.2) is 19.4 Å². The van der Waals surface area contributed by atoms with Gasteiger partial charge < -0.3 is 10.1 Å². The summed E-state index contributed by atoms with van der Waals surface area (Å²) in [5.41, 5.74) is 0.313. The van der Waals surface area contributed by atoms with E-state index in [4.69, 9.17) is 12.6 Å². The summed E-state index contributed by atoms with van der Waals surface area (Å²) >= 11 is 0. The maximum absolute atomic E-state index is 11.5. The van der Waals surface area contributed by atoms with Crippen molar-refractivity contribution in [2.24, 2.45) is 0 Å². The maximum atomic E-state index is 11.5. The van der Waals surface area contributed by atoms with Crippen LogP contribution >= 0.6 is 0 Å². The number of nitrogens with one attached hydrogen (secondary N) is 1. The van der Waals surface area contributed by atoms with Gasteiger partial charge in [-0.3, -0.25) is 4.79 Å². The molecule has 0 saturated heterocycles. The molecule has 0 aliphatic carbocycles. The molecule has 0 fully saturated rings. The lowest BCUT2D eigenvalue weighted by molar-refractivity contribution is -0.129. The molecule has 2 radical (unpaired) electrons. The van der Waals surface area contributed by atoms with Gasteiger partial charge in [0.05, 0.1) is 5.69 Å². The monoisotopic (exact) mass is 187 g/mol. The Morgan fingerprint density at radius 2 is 2.14 bits per heavy atom. The fourth-order valence-corrected chi connectivity index (χ4v) is 1.34. The highest BCUT2D eigenvalue weighted by molar-refractivity contribution is 6.35. The molecule has 1 aromatic carbocycles. The summed E-state index contributed by atoms with van der Waals surface area (Å²) in [7, 11) is 5.73. The van der Waals surface area contributed by atoms with Crippen LogP contribution in [0, 0.1) is 0 Å². The lowest BCUT2D eigenvalue weighted by atomic mass is 9.92. The van der Waals surface area contributed by atoms with Crippen LogP contribution in [0.2, 0.25) is 0 Å². The predicted molar refractivity (Wildman–Crippen MR) is 55.2 cm³/mol. The fraction of sp³-hybridized carbons (Fsp3) is 0.300. The second kappa shape index (κ2) is 2.77. The van der Waals surface area contributed by atoms with Crippen LogP contribution in [0.3, 0.4) is 0 Å². The van der Waals surface area contributed by atoms with Gasteiger partial charge in [0.25, 0.3) is 5.91 Å². The zero-order chi connectivity index (χ0) is 10.3. The van der Waals surface area contributed by atoms with E-state index in [1.807, 2.05) is 0 Å². The quantitative estimate of drug-likeness (QED) is 0.603. The zero-order valence-electron chi connectivity index (χ0n) is 8.13. The van der Waals surface area contributed by atoms with E-state index in [9.17, 15) is 4.79 Å². The zero-order valence-corrected chi connectivity index (χ0v) is 8.13. The van der Waals surface area contributed by atoms with Crippen LogP contribution in [0.25, 0.3) is 0 Å². The molecule has 0 aromatic heterocycles. The molecule has 1 amide bonds. The Balaban J connectivity index is 2.51. The van der Waals surface area contributed by atoms with Gasteiger partial charge in [0, 0.05) is 0 Å². The number of ether oxygens (including phenoxy) is 1. The number of carbonyl (C=O) groups is 1. The first kappa shape index (κ1) is 9.12. The summed E-state index contributed by atoms with van der Waals surface area (Å²) in [4.78, 5) is 11.5. The molecule has 3 nitrogen and oxygen atoms in total. The van der Waals surface area contributed by atoms with Crippen LogP contribution in [-0.2, 0) is 4.79 Å². The first-order valence-electron chi connectivity index (χ1n) is 4.40. The number of carbonyl (C=O) groups excluding carboxylic acids is 1. The second-order valence-electron chi connectivity index (χ2n) is 3.79. The number of hydrogen-bond acceptors (Lipinski definition) is 2. The minimum atomic E-state index is -0.859. The van der Waals surface area contributed by atoms with Crippen molar-refractivity contribution in [3.63, 3.8) is 0 Å². The lowest BCUT2D eigenvalue weighted by Crippen LogP contribution is -2.47. The molecule has 1 aliphatic heterocycles. The van der Waals surface area contributed by atoms with Gasteiger partial charge in [-0.1, -0.05) is 17.6 Å². The molecule has 14 heavy (non-hydrogen) atoms. The van der Waals surface area contributed by atoms with Crippen LogP contribution < -0.4 is 15.5 Å². The smallest absolute Gasteiger partial charge is 0.268 e. The highest BCUT2D eigenvalue weighted by atomic mass is 16.5. The van der Waals surface area contributed by atoms with E-state index in [-0.39, 0.29) is 5.91 Å². The number of fused-ring (bicyclic) bond motifs is 1.